The molecule has 27 heavy (non-hydrogen) atoms. The summed E-state index contributed by atoms with van der Waals surface area (Å²) in [6.45, 7) is 11.3. The van der Waals surface area contributed by atoms with Gasteiger partial charge in [-0.05, 0) is 36.1 Å². The lowest BCUT2D eigenvalue weighted by atomic mass is 9.99. The molecule has 1 aromatic carbocycles. The summed E-state index contributed by atoms with van der Waals surface area (Å²) in [6, 6.07) is 12.8. The molecule has 1 N–H and O–H groups in total. The van der Waals surface area contributed by atoms with Gasteiger partial charge in [-0.2, -0.15) is 0 Å². The highest BCUT2D eigenvalue weighted by Crippen LogP contribution is 2.32. The van der Waals surface area contributed by atoms with Gasteiger partial charge in [0.15, 0.2) is 0 Å². The van der Waals surface area contributed by atoms with Crippen LogP contribution in [0.5, 0.6) is 5.75 Å². The summed E-state index contributed by atoms with van der Waals surface area (Å²) in [5, 5.41) is 3.39. The van der Waals surface area contributed by atoms with Gasteiger partial charge < -0.3 is 15.0 Å². The quantitative estimate of drug-likeness (QED) is 0.731. The number of rotatable bonds is 6. The fourth-order valence-corrected chi connectivity index (χ4v) is 3.16. The Hall–Kier alpha value is -1.49. The number of nitrogens with zero attached hydrogens (tertiary/aromatic N) is 2. The third kappa shape index (κ3) is 6.00. The van der Waals surface area contributed by atoms with Crippen LogP contribution in [0.4, 0.5) is 5.82 Å². The van der Waals surface area contributed by atoms with Crippen molar-refractivity contribution in [2.75, 3.05) is 37.7 Å². The molecule has 0 spiro atoms. The largest absolute Gasteiger partial charge is 0.493 e. The number of nitrogens with one attached hydrogen (secondary N) is 1. The van der Waals surface area contributed by atoms with Gasteiger partial charge in [0.2, 0.25) is 0 Å². The first-order chi connectivity index (χ1) is 12.2. The summed E-state index contributed by atoms with van der Waals surface area (Å²) < 4.78 is 6.01. The lowest BCUT2D eigenvalue weighted by Crippen LogP contribution is -2.43. The smallest absolute Gasteiger partial charge is 0.129 e. The highest BCUT2D eigenvalue weighted by Gasteiger charge is 2.14. The van der Waals surface area contributed by atoms with Crippen LogP contribution >= 0.6 is 24.8 Å². The van der Waals surface area contributed by atoms with Crippen LogP contribution in [0.15, 0.2) is 36.4 Å². The Labute approximate surface area is 175 Å². The Morgan fingerprint density at radius 1 is 1.11 bits per heavy atom. The molecule has 150 valence electrons. The van der Waals surface area contributed by atoms with Crippen molar-refractivity contribution < 1.29 is 4.74 Å². The van der Waals surface area contributed by atoms with Crippen LogP contribution in [0.2, 0.25) is 0 Å². The van der Waals surface area contributed by atoms with Crippen LogP contribution in [0.25, 0.3) is 11.3 Å². The SMILES string of the molecule is CCCOc1cc(-c2cccc(N3CCNCC3)n2)ccc1C(C)C.Cl.Cl. The number of piperazine rings is 1. The molecule has 1 aromatic heterocycles. The topological polar surface area (TPSA) is 37.4 Å². The van der Waals surface area contributed by atoms with E-state index in [1.165, 1.54) is 5.56 Å². The van der Waals surface area contributed by atoms with E-state index in [9.17, 15) is 0 Å². The summed E-state index contributed by atoms with van der Waals surface area (Å²) in [5.41, 5.74) is 3.38. The normalized spacial score (nSPS) is 13.7. The van der Waals surface area contributed by atoms with E-state index in [0.29, 0.717) is 5.92 Å². The first kappa shape index (κ1) is 23.5. The third-order valence-corrected chi connectivity index (χ3v) is 4.57. The minimum absolute atomic E-state index is 0. The van der Waals surface area contributed by atoms with Gasteiger partial charge in [-0.15, -0.1) is 24.8 Å². The zero-order valence-corrected chi connectivity index (χ0v) is 18.0. The molecule has 2 heterocycles. The summed E-state index contributed by atoms with van der Waals surface area (Å²) in [5.74, 6) is 2.49. The number of halogens is 2. The van der Waals surface area contributed by atoms with Gasteiger partial charge in [0.1, 0.15) is 11.6 Å². The third-order valence-electron chi connectivity index (χ3n) is 4.57. The van der Waals surface area contributed by atoms with Crippen LogP contribution in [0.3, 0.4) is 0 Å². The Bertz CT molecular complexity index is 704. The summed E-state index contributed by atoms with van der Waals surface area (Å²) in [4.78, 5) is 7.25. The Balaban J connectivity index is 0.00000182. The highest BCUT2D eigenvalue weighted by atomic mass is 35.5. The lowest BCUT2D eigenvalue weighted by Gasteiger charge is -2.28. The van der Waals surface area contributed by atoms with Crippen molar-refractivity contribution >= 4 is 30.6 Å². The molecule has 0 saturated carbocycles. The van der Waals surface area contributed by atoms with Gasteiger partial charge in [0.05, 0.1) is 12.3 Å². The second-order valence-corrected chi connectivity index (χ2v) is 6.87. The van der Waals surface area contributed by atoms with E-state index < -0.39 is 0 Å². The van der Waals surface area contributed by atoms with E-state index in [4.69, 9.17) is 9.72 Å². The predicted molar refractivity (Wildman–Crippen MR) is 119 cm³/mol. The molecule has 1 aliphatic rings. The number of benzene rings is 1. The first-order valence-corrected chi connectivity index (χ1v) is 9.39. The molecule has 1 fully saturated rings. The maximum absolute atomic E-state index is 6.01. The van der Waals surface area contributed by atoms with Crippen LogP contribution in [0.1, 0.15) is 38.7 Å². The van der Waals surface area contributed by atoms with Gasteiger partial charge in [0.25, 0.3) is 0 Å². The minimum Gasteiger partial charge on any atom is -0.493 e. The average Bonchev–Trinajstić information content (AvgIpc) is 2.67. The van der Waals surface area contributed by atoms with Crippen LogP contribution < -0.4 is 15.0 Å². The molecule has 4 nitrogen and oxygen atoms in total. The Morgan fingerprint density at radius 3 is 2.52 bits per heavy atom. The van der Waals surface area contributed by atoms with Crippen molar-refractivity contribution in [2.45, 2.75) is 33.1 Å². The maximum Gasteiger partial charge on any atom is 0.129 e. The van der Waals surface area contributed by atoms with Crippen LogP contribution in [0, 0.1) is 0 Å². The maximum atomic E-state index is 6.01. The van der Waals surface area contributed by atoms with E-state index in [-0.39, 0.29) is 24.8 Å². The average molecular weight is 412 g/mol. The molecule has 0 amide bonds. The molecule has 6 heteroatoms. The van der Waals surface area contributed by atoms with E-state index in [2.05, 4.69) is 67.4 Å². The molecule has 0 bridgehead atoms. The Kier molecular flexibility index (Phi) is 9.92. The second kappa shape index (κ2) is 11.4. The standard InChI is InChI=1S/C21H29N3O.2ClH/c1-4-14-25-20-15-17(8-9-18(20)16(2)3)19-6-5-7-21(23-19)24-12-10-22-11-13-24;;/h5-9,15-16,22H,4,10-14H2,1-3H3;2*1H. The molecule has 0 atom stereocenters. The molecule has 0 aliphatic carbocycles. The summed E-state index contributed by atoms with van der Waals surface area (Å²) in [6.07, 6.45) is 1.01. The minimum atomic E-state index is 0. The molecular formula is C21H31Cl2N3O. The molecule has 2 aromatic rings. The van der Waals surface area contributed by atoms with Gasteiger partial charge in [0, 0.05) is 31.7 Å². The van der Waals surface area contributed by atoms with Gasteiger partial charge >= 0.3 is 0 Å². The number of anilines is 1. The van der Waals surface area contributed by atoms with Crippen molar-refractivity contribution in [1.29, 1.82) is 0 Å². The molecular weight excluding hydrogens is 381 g/mol. The van der Waals surface area contributed by atoms with Gasteiger partial charge in [-0.3, -0.25) is 0 Å². The number of pyridine rings is 1. The number of aromatic nitrogens is 1. The highest BCUT2D eigenvalue weighted by molar-refractivity contribution is 5.85. The molecule has 0 unspecified atom stereocenters. The number of hydrogen-bond donors (Lipinski definition) is 1. The van der Waals surface area contributed by atoms with Crippen LogP contribution in [-0.4, -0.2) is 37.8 Å². The monoisotopic (exact) mass is 411 g/mol. The summed E-state index contributed by atoms with van der Waals surface area (Å²) in [7, 11) is 0. The van der Waals surface area contributed by atoms with Crippen molar-refractivity contribution in [3.8, 4) is 17.0 Å². The van der Waals surface area contributed by atoms with Crippen molar-refractivity contribution in [3.05, 3.63) is 42.0 Å². The van der Waals surface area contributed by atoms with E-state index in [1.54, 1.807) is 0 Å². The molecule has 1 saturated heterocycles. The fraction of sp³-hybridized carbons (Fsp3) is 0.476. The van der Waals surface area contributed by atoms with E-state index in [1.807, 2.05) is 0 Å². The summed E-state index contributed by atoms with van der Waals surface area (Å²) >= 11 is 0. The van der Waals surface area contributed by atoms with Crippen molar-refractivity contribution in [1.82, 2.24) is 10.3 Å². The van der Waals surface area contributed by atoms with Gasteiger partial charge in [-0.25, -0.2) is 4.98 Å². The van der Waals surface area contributed by atoms with E-state index >= 15 is 0 Å². The molecule has 1 aliphatic heterocycles. The first-order valence-electron chi connectivity index (χ1n) is 9.39. The predicted octanol–water partition coefficient (Wildman–Crippen LogP) is 4.91. The van der Waals surface area contributed by atoms with Crippen molar-refractivity contribution in [2.24, 2.45) is 0 Å². The molecule has 0 radical (unpaired) electrons. The number of hydrogen-bond acceptors (Lipinski definition) is 4. The van der Waals surface area contributed by atoms with Crippen molar-refractivity contribution in [3.63, 3.8) is 0 Å². The zero-order valence-electron chi connectivity index (χ0n) is 16.4. The second-order valence-electron chi connectivity index (χ2n) is 6.87. The number of ether oxygens (including phenoxy) is 1. The van der Waals surface area contributed by atoms with Crippen LogP contribution in [-0.2, 0) is 0 Å². The zero-order chi connectivity index (χ0) is 17.6. The lowest BCUT2D eigenvalue weighted by molar-refractivity contribution is 0.313. The van der Waals surface area contributed by atoms with E-state index in [0.717, 1.165) is 62.0 Å². The fourth-order valence-electron chi connectivity index (χ4n) is 3.16. The Morgan fingerprint density at radius 2 is 1.85 bits per heavy atom. The molecule has 3 rings (SSSR count). The van der Waals surface area contributed by atoms with Gasteiger partial charge in [-0.1, -0.05) is 39.0 Å².